The monoisotopic (exact) mass is 348 g/mol. The van der Waals surface area contributed by atoms with Gasteiger partial charge >= 0.3 is 0 Å². The molecule has 0 fully saturated rings. The van der Waals surface area contributed by atoms with E-state index >= 15 is 0 Å². The van der Waals surface area contributed by atoms with E-state index in [1.165, 1.54) is 0 Å². The second-order valence-corrected chi connectivity index (χ2v) is 5.38. The van der Waals surface area contributed by atoms with Crippen molar-refractivity contribution in [3.63, 3.8) is 0 Å². The molecule has 0 saturated heterocycles. The molecule has 0 heterocycles. The molecule has 19 heavy (non-hydrogen) atoms. The van der Waals surface area contributed by atoms with E-state index in [0.717, 1.165) is 23.1 Å². The number of quaternary nitrogens is 1. The fraction of sp³-hybridized carbons (Fsp3) is 0.429. The highest BCUT2D eigenvalue weighted by Crippen LogP contribution is 2.34. The van der Waals surface area contributed by atoms with Gasteiger partial charge in [-0.15, -0.1) is 0 Å². The molecular formula is C14H20BrClNO2+. The molecule has 1 aromatic rings. The summed E-state index contributed by atoms with van der Waals surface area (Å²) in [6, 6.07) is 3.86. The van der Waals surface area contributed by atoms with Crippen molar-refractivity contribution < 1.29 is 14.8 Å². The Morgan fingerprint density at radius 1 is 1.37 bits per heavy atom. The first kappa shape index (κ1) is 16.5. The second-order valence-electron chi connectivity index (χ2n) is 4.12. The molecule has 0 atom stereocenters. The molecule has 0 bridgehead atoms. The van der Waals surface area contributed by atoms with Crippen molar-refractivity contribution in [2.24, 2.45) is 0 Å². The second kappa shape index (κ2) is 9.37. The third-order valence-electron chi connectivity index (χ3n) is 2.42. The maximum Gasteiger partial charge on any atom is 0.152 e. The molecule has 0 aliphatic heterocycles. The SMILES string of the molecule is C=CC[NH2+]CCOCCOc1c(Cl)cc(C)cc1Br. The summed E-state index contributed by atoms with van der Waals surface area (Å²) in [6.07, 6.45) is 1.88. The lowest BCUT2D eigenvalue weighted by atomic mass is 10.2. The Balaban J connectivity index is 2.21. The molecule has 106 valence electrons. The predicted molar refractivity (Wildman–Crippen MR) is 82.1 cm³/mol. The van der Waals surface area contributed by atoms with Crippen molar-refractivity contribution >= 4 is 27.5 Å². The van der Waals surface area contributed by atoms with E-state index in [0.29, 0.717) is 30.6 Å². The van der Waals surface area contributed by atoms with Gasteiger partial charge in [0.1, 0.15) is 6.61 Å². The summed E-state index contributed by atoms with van der Waals surface area (Å²) in [4.78, 5) is 0. The minimum absolute atomic E-state index is 0.489. The number of hydrogen-bond acceptors (Lipinski definition) is 2. The van der Waals surface area contributed by atoms with Crippen molar-refractivity contribution in [2.75, 3.05) is 32.9 Å². The number of rotatable bonds is 9. The van der Waals surface area contributed by atoms with Crippen LogP contribution in [0.1, 0.15) is 5.56 Å². The van der Waals surface area contributed by atoms with Crippen molar-refractivity contribution in [3.8, 4) is 5.75 Å². The Kier molecular flexibility index (Phi) is 8.14. The Morgan fingerprint density at radius 2 is 2.16 bits per heavy atom. The van der Waals surface area contributed by atoms with Gasteiger partial charge in [-0.1, -0.05) is 18.2 Å². The van der Waals surface area contributed by atoms with Gasteiger partial charge in [-0.2, -0.15) is 0 Å². The van der Waals surface area contributed by atoms with Crippen LogP contribution in [-0.2, 0) is 4.74 Å². The average Bonchev–Trinajstić information content (AvgIpc) is 2.35. The first-order valence-corrected chi connectivity index (χ1v) is 7.41. The van der Waals surface area contributed by atoms with Gasteiger partial charge in [0.25, 0.3) is 0 Å². The molecular weight excluding hydrogens is 330 g/mol. The zero-order valence-electron chi connectivity index (χ0n) is 11.1. The lowest BCUT2D eigenvalue weighted by Gasteiger charge is -2.11. The van der Waals surface area contributed by atoms with Crippen LogP contribution < -0.4 is 10.1 Å². The fourth-order valence-electron chi connectivity index (χ4n) is 1.53. The minimum atomic E-state index is 0.489. The fourth-order valence-corrected chi connectivity index (χ4v) is 2.66. The van der Waals surface area contributed by atoms with E-state index in [9.17, 15) is 0 Å². The van der Waals surface area contributed by atoms with E-state index < -0.39 is 0 Å². The molecule has 3 nitrogen and oxygen atoms in total. The molecule has 0 aliphatic carbocycles. The summed E-state index contributed by atoms with van der Waals surface area (Å²) in [5, 5.41) is 2.76. The number of ether oxygens (including phenoxy) is 2. The number of halogens is 2. The van der Waals surface area contributed by atoms with Gasteiger partial charge in [-0.25, -0.2) is 0 Å². The molecule has 1 aromatic carbocycles. The van der Waals surface area contributed by atoms with Gasteiger partial charge in [0.05, 0.1) is 35.8 Å². The maximum atomic E-state index is 6.12. The van der Waals surface area contributed by atoms with Crippen LogP contribution in [0.2, 0.25) is 5.02 Å². The zero-order chi connectivity index (χ0) is 14.1. The summed E-state index contributed by atoms with van der Waals surface area (Å²) in [7, 11) is 0. The van der Waals surface area contributed by atoms with E-state index in [1.807, 2.05) is 25.1 Å². The first-order valence-electron chi connectivity index (χ1n) is 6.24. The lowest BCUT2D eigenvalue weighted by Crippen LogP contribution is -2.84. The van der Waals surface area contributed by atoms with Gasteiger partial charge in [-0.05, 0) is 46.6 Å². The Morgan fingerprint density at radius 3 is 2.84 bits per heavy atom. The Bertz CT molecular complexity index is 389. The van der Waals surface area contributed by atoms with Gasteiger partial charge < -0.3 is 14.8 Å². The van der Waals surface area contributed by atoms with Crippen LogP contribution in [0.5, 0.6) is 5.75 Å². The topological polar surface area (TPSA) is 35.1 Å². The third kappa shape index (κ3) is 6.43. The van der Waals surface area contributed by atoms with Crippen LogP contribution in [0.15, 0.2) is 29.3 Å². The summed E-state index contributed by atoms with van der Waals surface area (Å²) in [6.45, 7) is 9.25. The highest BCUT2D eigenvalue weighted by atomic mass is 79.9. The van der Waals surface area contributed by atoms with Crippen molar-refractivity contribution in [3.05, 3.63) is 39.8 Å². The van der Waals surface area contributed by atoms with Gasteiger partial charge in [0.2, 0.25) is 0 Å². The van der Waals surface area contributed by atoms with Gasteiger partial charge in [0, 0.05) is 0 Å². The normalized spacial score (nSPS) is 10.5. The standard InChI is InChI=1S/C14H19BrClNO2/c1-3-4-17-5-6-18-7-8-19-14-12(15)9-11(2)10-13(14)16/h3,9-10,17H,1,4-8H2,2H3/p+1. The molecule has 0 spiro atoms. The molecule has 0 amide bonds. The highest BCUT2D eigenvalue weighted by molar-refractivity contribution is 9.10. The van der Waals surface area contributed by atoms with Crippen molar-refractivity contribution in [2.45, 2.75) is 6.92 Å². The molecule has 0 radical (unpaired) electrons. The number of nitrogens with two attached hydrogens (primary N) is 1. The van der Waals surface area contributed by atoms with Crippen molar-refractivity contribution in [1.82, 2.24) is 0 Å². The molecule has 2 N–H and O–H groups in total. The van der Waals surface area contributed by atoms with Crippen molar-refractivity contribution in [1.29, 1.82) is 0 Å². The predicted octanol–water partition coefficient (Wildman–Crippen LogP) is 2.56. The zero-order valence-corrected chi connectivity index (χ0v) is 13.5. The first-order chi connectivity index (χ1) is 9.15. The van der Waals surface area contributed by atoms with Crippen LogP contribution >= 0.6 is 27.5 Å². The Labute approximate surface area is 128 Å². The maximum absolute atomic E-state index is 6.12. The van der Waals surface area contributed by atoms with Gasteiger partial charge in [0.15, 0.2) is 5.75 Å². The van der Waals surface area contributed by atoms with E-state index in [-0.39, 0.29) is 0 Å². The third-order valence-corrected chi connectivity index (χ3v) is 3.29. The molecule has 0 aliphatic rings. The molecule has 0 unspecified atom stereocenters. The van der Waals surface area contributed by atoms with Crippen LogP contribution in [0, 0.1) is 6.92 Å². The smallest absolute Gasteiger partial charge is 0.152 e. The molecule has 5 heteroatoms. The number of benzene rings is 1. The lowest BCUT2D eigenvalue weighted by molar-refractivity contribution is -0.647. The van der Waals surface area contributed by atoms with Crippen LogP contribution in [0.3, 0.4) is 0 Å². The Hall–Kier alpha value is -0.550. The largest absolute Gasteiger partial charge is 0.488 e. The highest BCUT2D eigenvalue weighted by Gasteiger charge is 2.07. The van der Waals surface area contributed by atoms with E-state index in [4.69, 9.17) is 21.1 Å². The van der Waals surface area contributed by atoms with Crippen LogP contribution in [-0.4, -0.2) is 32.9 Å². The average molecular weight is 350 g/mol. The molecule has 0 saturated carbocycles. The quantitative estimate of drug-likeness (QED) is 0.549. The summed E-state index contributed by atoms with van der Waals surface area (Å²) in [5.41, 5.74) is 1.10. The van der Waals surface area contributed by atoms with E-state index in [1.54, 1.807) is 0 Å². The van der Waals surface area contributed by atoms with E-state index in [2.05, 4.69) is 27.8 Å². The molecule has 1 rings (SSSR count). The van der Waals surface area contributed by atoms with Crippen LogP contribution in [0.25, 0.3) is 0 Å². The number of hydrogen-bond donors (Lipinski definition) is 1. The summed E-state index contributed by atoms with van der Waals surface area (Å²) in [5.74, 6) is 0.675. The summed E-state index contributed by atoms with van der Waals surface area (Å²) >= 11 is 9.57. The summed E-state index contributed by atoms with van der Waals surface area (Å²) < 4.78 is 11.9. The van der Waals surface area contributed by atoms with Gasteiger partial charge in [-0.3, -0.25) is 0 Å². The van der Waals surface area contributed by atoms with Crippen LogP contribution in [0.4, 0.5) is 0 Å². The minimum Gasteiger partial charge on any atom is -0.488 e. The number of aryl methyl sites for hydroxylation is 1. The molecule has 0 aromatic heterocycles.